The average molecular weight is 558 g/mol. The van der Waals surface area contributed by atoms with Crippen molar-refractivity contribution in [2.75, 3.05) is 53.0 Å². The van der Waals surface area contributed by atoms with Crippen LogP contribution in [0.2, 0.25) is 0 Å². The van der Waals surface area contributed by atoms with Gasteiger partial charge in [0.15, 0.2) is 5.78 Å². The van der Waals surface area contributed by atoms with Crippen LogP contribution in [0.1, 0.15) is 54.6 Å². The summed E-state index contributed by atoms with van der Waals surface area (Å²) < 4.78 is 38.3. The van der Waals surface area contributed by atoms with Crippen LogP contribution >= 0.6 is 0 Å². The highest BCUT2D eigenvalue weighted by Gasteiger charge is 2.33. The third-order valence-corrected chi connectivity index (χ3v) is 9.47. The number of hydrogen-bond donors (Lipinski definition) is 1. The second-order valence-corrected chi connectivity index (χ2v) is 12.0. The zero-order valence-corrected chi connectivity index (χ0v) is 23.6. The van der Waals surface area contributed by atoms with Crippen molar-refractivity contribution in [2.24, 2.45) is 5.92 Å². The predicted octanol–water partition coefficient (Wildman–Crippen LogP) is 3.27. The van der Waals surface area contributed by atoms with Gasteiger partial charge < -0.3 is 14.8 Å². The van der Waals surface area contributed by atoms with E-state index in [0.717, 1.165) is 37.2 Å². The molecular formula is C29H39N3O6S. The fourth-order valence-corrected chi connectivity index (χ4v) is 6.85. The van der Waals surface area contributed by atoms with Gasteiger partial charge in [0.05, 0.1) is 31.1 Å². The lowest BCUT2D eigenvalue weighted by Gasteiger charge is -2.30. The van der Waals surface area contributed by atoms with Crippen LogP contribution in [-0.4, -0.2) is 82.4 Å². The van der Waals surface area contributed by atoms with E-state index in [9.17, 15) is 18.0 Å². The minimum absolute atomic E-state index is 0.0936. The summed E-state index contributed by atoms with van der Waals surface area (Å²) in [6, 6.07) is 14.4. The summed E-state index contributed by atoms with van der Waals surface area (Å²) in [6.07, 6.45) is 3.17. The molecule has 9 nitrogen and oxygen atoms in total. The number of nitrogens with zero attached hydrogens (tertiary/aromatic N) is 2. The number of sulfonamides is 1. The topological polar surface area (TPSA) is 105 Å². The fraction of sp³-hybridized carbons (Fsp3) is 0.517. The molecule has 0 aliphatic carbocycles. The summed E-state index contributed by atoms with van der Waals surface area (Å²) in [5.74, 6) is 0.0922. The van der Waals surface area contributed by atoms with Gasteiger partial charge in [0.25, 0.3) is 0 Å². The molecule has 212 valence electrons. The van der Waals surface area contributed by atoms with Gasteiger partial charge in [-0.2, -0.15) is 4.31 Å². The van der Waals surface area contributed by atoms with Crippen LogP contribution in [0.15, 0.2) is 53.4 Å². The molecule has 1 unspecified atom stereocenters. The first kappa shape index (κ1) is 29.2. The highest BCUT2D eigenvalue weighted by atomic mass is 32.2. The molecule has 2 aliphatic heterocycles. The van der Waals surface area contributed by atoms with Crippen LogP contribution in [-0.2, 0) is 19.6 Å². The van der Waals surface area contributed by atoms with E-state index in [-0.39, 0.29) is 48.2 Å². The summed E-state index contributed by atoms with van der Waals surface area (Å²) in [6.45, 7) is 5.30. The van der Waals surface area contributed by atoms with E-state index in [4.69, 9.17) is 9.47 Å². The molecule has 10 heteroatoms. The van der Waals surface area contributed by atoms with Crippen molar-refractivity contribution in [3.63, 3.8) is 0 Å². The number of carbonyl (C=O) groups excluding carboxylic acids is 2. The number of rotatable bonds is 12. The van der Waals surface area contributed by atoms with E-state index in [1.165, 1.54) is 16.4 Å². The van der Waals surface area contributed by atoms with E-state index in [1.807, 2.05) is 12.1 Å². The standard InChI is InChI=1S/C29H39N3O6S/c1-3-38-29(34)23-13-17-32(18-14-23)39(35,36)26-8-6-7-24(19-26)28(33)21-30-20-27(31-15-4-5-16-31)22-9-11-25(37-2)12-10-22/h6-12,19,23,27,30H,3-5,13-18,20-21H2,1-2H3. The Balaban J connectivity index is 1.37. The number of piperidine rings is 1. The molecule has 4 rings (SSSR count). The van der Waals surface area contributed by atoms with Gasteiger partial charge in [-0.15, -0.1) is 0 Å². The second kappa shape index (κ2) is 13.5. The van der Waals surface area contributed by atoms with Crippen LogP contribution in [0.25, 0.3) is 0 Å². The molecule has 2 aromatic carbocycles. The first-order valence-corrected chi connectivity index (χ1v) is 15.2. The summed E-state index contributed by atoms with van der Waals surface area (Å²) in [5.41, 5.74) is 1.52. The number of esters is 1. The number of likely N-dealkylation sites (tertiary alicyclic amines) is 1. The fourth-order valence-electron chi connectivity index (χ4n) is 5.33. The van der Waals surface area contributed by atoms with E-state index in [2.05, 4.69) is 22.3 Å². The molecule has 2 aromatic rings. The molecule has 0 aromatic heterocycles. The zero-order valence-electron chi connectivity index (χ0n) is 22.8. The summed E-state index contributed by atoms with van der Waals surface area (Å²) >= 11 is 0. The number of Topliss-reactive ketones (excluding diaryl/α,β-unsaturated/α-hetero) is 1. The molecule has 0 radical (unpaired) electrons. The Hall–Kier alpha value is -2.79. The molecular weight excluding hydrogens is 518 g/mol. The Bertz CT molecular complexity index is 1220. The van der Waals surface area contributed by atoms with Crippen molar-refractivity contribution >= 4 is 21.8 Å². The maximum atomic E-state index is 13.3. The monoisotopic (exact) mass is 557 g/mol. The van der Waals surface area contributed by atoms with Crippen molar-refractivity contribution in [3.8, 4) is 5.75 Å². The molecule has 2 saturated heterocycles. The predicted molar refractivity (Wildman–Crippen MR) is 148 cm³/mol. The summed E-state index contributed by atoms with van der Waals surface area (Å²) in [5, 5.41) is 3.31. The highest BCUT2D eigenvalue weighted by molar-refractivity contribution is 7.89. The van der Waals surface area contributed by atoms with E-state index in [1.54, 1.807) is 26.2 Å². The van der Waals surface area contributed by atoms with Crippen molar-refractivity contribution < 1.29 is 27.5 Å². The number of ketones is 1. The Kier molecular flexibility index (Phi) is 10.1. The zero-order chi connectivity index (χ0) is 27.8. The third kappa shape index (κ3) is 7.25. The Morgan fingerprint density at radius 2 is 1.72 bits per heavy atom. The van der Waals surface area contributed by atoms with Gasteiger partial charge in [0.2, 0.25) is 10.0 Å². The van der Waals surface area contributed by atoms with Crippen molar-refractivity contribution in [1.82, 2.24) is 14.5 Å². The molecule has 0 amide bonds. The highest BCUT2D eigenvalue weighted by Crippen LogP contribution is 2.27. The van der Waals surface area contributed by atoms with Gasteiger partial charge in [-0.1, -0.05) is 24.3 Å². The lowest BCUT2D eigenvalue weighted by Crippen LogP contribution is -2.40. The number of nitrogens with one attached hydrogen (secondary N) is 1. The molecule has 39 heavy (non-hydrogen) atoms. The maximum absolute atomic E-state index is 13.3. The quantitative estimate of drug-likeness (QED) is 0.313. The number of methoxy groups -OCH3 is 1. The van der Waals surface area contributed by atoms with E-state index >= 15 is 0 Å². The first-order valence-electron chi connectivity index (χ1n) is 13.7. The summed E-state index contributed by atoms with van der Waals surface area (Å²) in [4.78, 5) is 27.6. The van der Waals surface area contributed by atoms with Gasteiger partial charge in [0.1, 0.15) is 5.75 Å². The maximum Gasteiger partial charge on any atom is 0.309 e. The third-order valence-electron chi connectivity index (χ3n) is 7.57. The van der Waals surface area contributed by atoms with E-state index in [0.29, 0.717) is 31.6 Å². The lowest BCUT2D eigenvalue weighted by atomic mass is 9.98. The minimum Gasteiger partial charge on any atom is -0.497 e. The minimum atomic E-state index is -3.77. The van der Waals surface area contributed by atoms with Crippen LogP contribution < -0.4 is 10.1 Å². The SMILES string of the molecule is CCOC(=O)C1CCN(S(=O)(=O)c2cccc(C(=O)CNCC(c3ccc(OC)cc3)N3CCCC3)c2)CC1. The molecule has 1 atom stereocenters. The van der Waals surface area contributed by atoms with Crippen molar-refractivity contribution in [1.29, 1.82) is 0 Å². The normalized spacial score (nSPS) is 18.1. The average Bonchev–Trinajstić information content (AvgIpc) is 3.50. The number of carbonyl (C=O) groups is 2. The van der Waals surface area contributed by atoms with Gasteiger partial charge in [-0.25, -0.2) is 8.42 Å². The van der Waals surface area contributed by atoms with Gasteiger partial charge in [-0.3, -0.25) is 14.5 Å². The number of hydrogen-bond acceptors (Lipinski definition) is 8. The molecule has 2 aliphatic rings. The molecule has 2 fully saturated rings. The smallest absolute Gasteiger partial charge is 0.309 e. The second-order valence-electron chi connectivity index (χ2n) is 10.0. The first-order chi connectivity index (χ1) is 18.8. The Morgan fingerprint density at radius 1 is 1.03 bits per heavy atom. The Morgan fingerprint density at radius 3 is 2.36 bits per heavy atom. The largest absolute Gasteiger partial charge is 0.497 e. The number of ether oxygens (including phenoxy) is 2. The van der Waals surface area contributed by atoms with Crippen molar-refractivity contribution in [2.45, 2.75) is 43.5 Å². The molecule has 2 heterocycles. The van der Waals surface area contributed by atoms with Crippen LogP contribution in [0.4, 0.5) is 0 Å². The Labute approximate surface area is 231 Å². The van der Waals surface area contributed by atoms with Crippen molar-refractivity contribution in [3.05, 3.63) is 59.7 Å². The lowest BCUT2D eigenvalue weighted by molar-refractivity contribution is -0.149. The molecule has 0 saturated carbocycles. The van der Waals surface area contributed by atoms with Gasteiger partial charge in [-0.05, 0) is 75.5 Å². The van der Waals surface area contributed by atoms with Gasteiger partial charge in [0, 0.05) is 31.2 Å². The summed E-state index contributed by atoms with van der Waals surface area (Å²) in [7, 11) is -2.13. The molecule has 0 bridgehead atoms. The van der Waals surface area contributed by atoms with Crippen LogP contribution in [0.5, 0.6) is 5.75 Å². The molecule has 1 N–H and O–H groups in total. The number of benzene rings is 2. The van der Waals surface area contributed by atoms with Crippen LogP contribution in [0, 0.1) is 5.92 Å². The van der Waals surface area contributed by atoms with Gasteiger partial charge >= 0.3 is 5.97 Å². The van der Waals surface area contributed by atoms with Crippen LogP contribution in [0.3, 0.4) is 0 Å². The molecule has 0 spiro atoms. The van der Waals surface area contributed by atoms with E-state index < -0.39 is 10.0 Å².